The van der Waals surface area contributed by atoms with Crippen molar-refractivity contribution in [3.8, 4) is 5.75 Å². The molecule has 1 heterocycles. The highest BCUT2D eigenvalue weighted by Crippen LogP contribution is 2.22. The predicted molar refractivity (Wildman–Crippen MR) is 73.4 cm³/mol. The van der Waals surface area contributed by atoms with Gasteiger partial charge in [-0.05, 0) is 18.2 Å². The van der Waals surface area contributed by atoms with Crippen LogP contribution in [0.4, 0.5) is 5.69 Å². The van der Waals surface area contributed by atoms with E-state index in [-0.39, 0.29) is 11.3 Å². The second-order valence-electron chi connectivity index (χ2n) is 4.15. The molecule has 0 aliphatic rings. The topological polar surface area (TPSA) is 91.6 Å². The van der Waals surface area contributed by atoms with Crippen molar-refractivity contribution < 1.29 is 19.8 Å². The first-order valence-corrected chi connectivity index (χ1v) is 5.96. The van der Waals surface area contributed by atoms with Crippen LogP contribution in [-0.2, 0) is 7.05 Å². The highest BCUT2D eigenvalue weighted by molar-refractivity contribution is 6.31. The fourth-order valence-electron chi connectivity index (χ4n) is 1.74. The van der Waals surface area contributed by atoms with Crippen molar-refractivity contribution in [3.05, 3.63) is 46.7 Å². The molecule has 0 radical (unpaired) electrons. The van der Waals surface area contributed by atoms with Gasteiger partial charge in [0.2, 0.25) is 0 Å². The number of aromatic carboxylic acids is 1. The fourth-order valence-corrected chi connectivity index (χ4v) is 1.99. The predicted octanol–water partition coefficient (Wildman–Crippen LogP) is 2.33. The molecular formula is C13H11ClN2O4. The van der Waals surface area contributed by atoms with E-state index in [1.807, 2.05) is 0 Å². The summed E-state index contributed by atoms with van der Waals surface area (Å²) in [5.41, 5.74) is 0.400. The molecule has 0 fully saturated rings. The van der Waals surface area contributed by atoms with E-state index >= 15 is 0 Å². The average Bonchev–Trinajstić information content (AvgIpc) is 2.68. The third-order valence-electron chi connectivity index (χ3n) is 2.69. The number of nitrogens with one attached hydrogen (secondary N) is 1. The quantitative estimate of drug-likeness (QED) is 0.810. The standard InChI is InChI=1S/C13H11ClN2O4/c1-16-6-7(14)4-10(16)12(18)15-8-2-3-9(13(19)20)11(17)5-8/h2-6,17H,1H3,(H,15,18)(H,19,20). The van der Waals surface area contributed by atoms with Gasteiger partial charge < -0.3 is 20.1 Å². The Morgan fingerprint density at radius 3 is 2.50 bits per heavy atom. The summed E-state index contributed by atoms with van der Waals surface area (Å²) in [6.45, 7) is 0. The lowest BCUT2D eigenvalue weighted by Gasteiger charge is -2.07. The molecule has 104 valence electrons. The maximum atomic E-state index is 12.0. The first-order valence-electron chi connectivity index (χ1n) is 5.58. The van der Waals surface area contributed by atoms with Crippen molar-refractivity contribution in [2.45, 2.75) is 0 Å². The lowest BCUT2D eigenvalue weighted by atomic mass is 10.2. The van der Waals surface area contributed by atoms with Crippen molar-refractivity contribution in [2.75, 3.05) is 5.32 Å². The van der Waals surface area contributed by atoms with E-state index in [4.69, 9.17) is 16.7 Å². The van der Waals surface area contributed by atoms with E-state index in [9.17, 15) is 14.7 Å². The number of aromatic nitrogens is 1. The number of hydrogen-bond donors (Lipinski definition) is 3. The van der Waals surface area contributed by atoms with Crippen LogP contribution in [0, 0.1) is 0 Å². The van der Waals surface area contributed by atoms with Crippen molar-refractivity contribution in [1.29, 1.82) is 0 Å². The number of halogens is 1. The van der Waals surface area contributed by atoms with E-state index in [0.717, 1.165) is 0 Å². The van der Waals surface area contributed by atoms with Gasteiger partial charge in [-0.25, -0.2) is 4.79 Å². The van der Waals surface area contributed by atoms with Gasteiger partial charge in [-0.1, -0.05) is 11.6 Å². The maximum Gasteiger partial charge on any atom is 0.339 e. The Kier molecular flexibility index (Phi) is 3.67. The summed E-state index contributed by atoms with van der Waals surface area (Å²) >= 11 is 5.79. The number of aryl methyl sites for hydroxylation is 1. The minimum Gasteiger partial charge on any atom is -0.507 e. The number of amides is 1. The summed E-state index contributed by atoms with van der Waals surface area (Å²) in [6, 6.07) is 5.28. The van der Waals surface area contributed by atoms with Crippen LogP contribution in [0.5, 0.6) is 5.75 Å². The van der Waals surface area contributed by atoms with Gasteiger partial charge in [0.25, 0.3) is 5.91 Å². The first-order chi connectivity index (χ1) is 9.38. The molecule has 0 bridgehead atoms. The second-order valence-corrected chi connectivity index (χ2v) is 4.58. The zero-order valence-corrected chi connectivity index (χ0v) is 11.2. The van der Waals surface area contributed by atoms with Gasteiger partial charge in [-0.3, -0.25) is 4.79 Å². The van der Waals surface area contributed by atoms with Gasteiger partial charge in [-0.2, -0.15) is 0 Å². The smallest absolute Gasteiger partial charge is 0.339 e. The summed E-state index contributed by atoms with van der Waals surface area (Å²) in [4.78, 5) is 22.7. The van der Waals surface area contributed by atoms with Crippen LogP contribution < -0.4 is 5.32 Å². The van der Waals surface area contributed by atoms with Gasteiger partial charge in [0.1, 0.15) is 17.0 Å². The van der Waals surface area contributed by atoms with Crippen molar-refractivity contribution >= 4 is 29.2 Å². The minimum atomic E-state index is -1.24. The summed E-state index contributed by atoms with van der Waals surface area (Å²) in [5.74, 6) is -2.07. The molecule has 2 rings (SSSR count). The maximum absolute atomic E-state index is 12.0. The number of carbonyl (C=O) groups is 2. The second kappa shape index (κ2) is 5.26. The van der Waals surface area contributed by atoms with Crippen LogP contribution in [0.1, 0.15) is 20.8 Å². The van der Waals surface area contributed by atoms with Crippen LogP contribution in [0.3, 0.4) is 0 Å². The molecular weight excluding hydrogens is 284 g/mol. The Hall–Kier alpha value is -2.47. The highest BCUT2D eigenvalue weighted by Gasteiger charge is 2.14. The molecule has 0 aliphatic carbocycles. The molecule has 1 amide bonds. The monoisotopic (exact) mass is 294 g/mol. The zero-order valence-electron chi connectivity index (χ0n) is 10.4. The summed E-state index contributed by atoms with van der Waals surface area (Å²) in [6.07, 6.45) is 1.58. The Labute approximate surface area is 119 Å². The van der Waals surface area contributed by atoms with Crippen LogP contribution in [-0.4, -0.2) is 26.7 Å². The molecule has 0 spiro atoms. The third-order valence-corrected chi connectivity index (χ3v) is 2.90. The molecule has 20 heavy (non-hydrogen) atoms. The number of rotatable bonds is 3. The molecule has 1 aromatic carbocycles. The molecule has 1 aromatic heterocycles. The molecule has 2 aromatic rings. The number of carboxylic acid groups (broad SMARTS) is 1. The Bertz CT molecular complexity index is 694. The van der Waals surface area contributed by atoms with Gasteiger partial charge in [0.15, 0.2) is 0 Å². The van der Waals surface area contributed by atoms with Gasteiger partial charge >= 0.3 is 5.97 Å². The van der Waals surface area contributed by atoms with Crippen molar-refractivity contribution in [1.82, 2.24) is 4.57 Å². The van der Waals surface area contributed by atoms with Crippen molar-refractivity contribution in [3.63, 3.8) is 0 Å². The minimum absolute atomic E-state index is 0.232. The molecule has 0 aliphatic heterocycles. The lowest BCUT2D eigenvalue weighted by molar-refractivity contribution is 0.0693. The number of carboxylic acids is 1. The van der Waals surface area contributed by atoms with E-state index in [1.165, 1.54) is 24.3 Å². The zero-order chi connectivity index (χ0) is 14.9. The number of nitrogens with zero attached hydrogens (tertiary/aromatic N) is 1. The van der Waals surface area contributed by atoms with E-state index < -0.39 is 17.6 Å². The number of aromatic hydroxyl groups is 1. The normalized spacial score (nSPS) is 10.3. The number of phenols is 1. The molecule has 0 saturated heterocycles. The molecule has 0 saturated carbocycles. The summed E-state index contributed by atoms with van der Waals surface area (Å²) in [7, 11) is 1.67. The molecule has 0 atom stereocenters. The number of carbonyl (C=O) groups excluding carboxylic acids is 1. The Balaban J connectivity index is 2.22. The van der Waals surface area contributed by atoms with Crippen molar-refractivity contribution in [2.24, 2.45) is 7.05 Å². The Morgan fingerprint density at radius 2 is 2.00 bits per heavy atom. The van der Waals surface area contributed by atoms with Gasteiger partial charge in [-0.15, -0.1) is 0 Å². The SMILES string of the molecule is Cn1cc(Cl)cc1C(=O)Nc1ccc(C(=O)O)c(O)c1. The molecule has 3 N–H and O–H groups in total. The fraction of sp³-hybridized carbons (Fsp3) is 0.0769. The summed E-state index contributed by atoms with van der Waals surface area (Å²) in [5, 5.41) is 21.3. The van der Waals surface area contributed by atoms with Gasteiger partial charge in [0, 0.05) is 25.0 Å². The number of hydrogen-bond acceptors (Lipinski definition) is 3. The van der Waals surface area contributed by atoms with Crippen LogP contribution >= 0.6 is 11.6 Å². The molecule has 7 heteroatoms. The number of anilines is 1. The van der Waals surface area contributed by atoms with Crippen LogP contribution in [0.2, 0.25) is 5.02 Å². The summed E-state index contributed by atoms with van der Waals surface area (Å²) < 4.78 is 1.56. The average molecular weight is 295 g/mol. The highest BCUT2D eigenvalue weighted by atomic mass is 35.5. The molecule has 6 nitrogen and oxygen atoms in total. The van der Waals surface area contributed by atoms with E-state index in [0.29, 0.717) is 10.7 Å². The lowest BCUT2D eigenvalue weighted by Crippen LogP contribution is -2.15. The van der Waals surface area contributed by atoms with E-state index in [1.54, 1.807) is 17.8 Å². The third kappa shape index (κ3) is 2.75. The largest absolute Gasteiger partial charge is 0.507 e. The van der Waals surface area contributed by atoms with Crippen LogP contribution in [0.25, 0.3) is 0 Å². The molecule has 0 unspecified atom stereocenters. The van der Waals surface area contributed by atoms with E-state index in [2.05, 4.69) is 5.32 Å². The first kappa shape index (κ1) is 14.0. The van der Waals surface area contributed by atoms with Crippen LogP contribution in [0.15, 0.2) is 30.5 Å². The Morgan fingerprint density at radius 1 is 1.30 bits per heavy atom. The van der Waals surface area contributed by atoms with Gasteiger partial charge in [0.05, 0.1) is 5.02 Å². The number of benzene rings is 1.